The second kappa shape index (κ2) is 6.34. The Labute approximate surface area is 118 Å². The predicted molar refractivity (Wildman–Crippen MR) is 77.8 cm³/mol. The van der Waals surface area contributed by atoms with Gasteiger partial charge in [0.15, 0.2) is 0 Å². The lowest BCUT2D eigenvalue weighted by Gasteiger charge is -2.19. The van der Waals surface area contributed by atoms with E-state index in [4.69, 9.17) is 9.84 Å². The number of nitrogens with zero attached hydrogens (tertiary/aromatic N) is 3. The molecule has 20 heavy (non-hydrogen) atoms. The lowest BCUT2D eigenvalue weighted by atomic mass is 10.2. The summed E-state index contributed by atoms with van der Waals surface area (Å²) in [6.07, 6.45) is 1.66. The van der Waals surface area contributed by atoms with Crippen LogP contribution >= 0.6 is 0 Å². The van der Waals surface area contributed by atoms with Crippen molar-refractivity contribution in [1.29, 1.82) is 0 Å². The Morgan fingerprint density at radius 3 is 2.65 bits per heavy atom. The van der Waals surface area contributed by atoms with Gasteiger partial charge in [0, 0.05) is 36.6 Å². The van der Waals surface area contributed by atoms with Crippen LogP contribution in [0, 0.1) is 6.92 Å². The number of aromatic nitrogens is 2. The molecule has 0 aliphatic heterocycles. The molecule has 1 N–H and O–H groups in total. The maximum Gasteiger partial charge on any atom is 0.225 e. The van der Waals surface area contributed by atoms with E-state index in [2.05, 4.69) is 9.97 Å². The van der Waals surface area contributed by atoms with Gasteiger partial charge in [0.25, 0.3) is 0 Å². The summed E-state index contributed by atoms with van der Waals surface area (Å²) in [6, 6.07) is 7.88. The monoisotopic (exact) mass is 273 g/mol. The smallest absolute Gasteiger partial charge is 0.225 e. The highest BCUT2D eigenvalue weighted by molar-refractivity contribution is 5.39. The third-order valence-corrected chi connectivity index (χ3v) is 3.18. The lowest BCUT2D eigenvalue weighted by Crippen LogP contribution is -2.20. The fourth-order valence-electron chi connectivity index (χ4n) is 1.98. The van der Waals surface area contributed by atoms with Crippen molar-refractivity contribution < 1.29 is 9.84 Å². The zero-order valence-corrected chi connectivity index (χ0v) is 12.0. The highest BCUT2D eigenvalue weighted by Gasteiger charge is 2.10. The summed E-state index contributed by atoms with van der Waals surface area (Å²) in [5.74, 6) is 1.48. The van der Waals surface area contributed by atoms with Crippen LogP contribution in [0.5, 0.6) is 5.75 Å². The molecule has 2 rings (SSSR count). The molecule has 0 atom stereocenters. The average Bonchev–Trinajstić information content (AvgIpc) is 2.47. The van der Waals surface area contributed by atoms with Crippen molar-refractivity contribution in [2.45, 2.75) is 20.1 Å². The third kappa shape index (κ3) is 3.05. The molecule has 5 nitrogen and oxygen atoms in total. The first-order valence-corrected chi connectivity index (χ1v) is 6.42. The number of aliphatic hydroxyl groups excluding tert-OH is 1. The molecule has 0 radical (unpaired) electrons. The van der Waals surface area contributed by atoms with Gasteiger partial charge in [0.2, 0.25) is 5.95 Å². The van der Waals surface area contributed by atoms with Crippen LogP contribution in [0.25, 0.3) is 0 Å². The van der Waals surface area contributed by atoms with Crippen LogP contribution in [0.4, 0.5) is 5.95 Å². The number of ether oxygens (including phenoxy) is 1. The second-order valence-corrected chi connectivity index (χ2v) is 4.61. The summed E-state index contributed by atoms with van der Waals surface area (Å²) in [7, 11) is 3.59. The van der Waals surface area contributed by atoms with Crippen LogP contribution in [-0.4, -0.2) is 29.2 Å². The number of rotatable bonds is 5. The van der Waals surface area contributed by atoms with Gasteiger partial charge in [-0.05, 0) is 13.0 Å². The first kappa shape index (κ1) is 14.3. The molecular formula is C15H19N3O2. The number of aryl methyl sites for hydroxylation is 1. The summed E-state index contributed by atoms with van der Waals surface area (Å²) in [5.41, 5.74) is 2.62. The Balaban J connectivity index is 2.19. The Kier molecular flexibility index (Phi) is 4.53. The normalized spacial score (nSPS) is 10.4. The quantitative estimate of drug-likeness (QED) is 0.902. The van der Waals surface area contributed by atoms with Gasteiger partial charge in [-0.25, -0.2) is 9.97 Å². The van der Waals surface area contributed by atoms with Gasteiger partial charge in [-0.15, -0.1) is 0 Å². The van der Waals surface area contributed by atoms with Crippen LogP contribution in [0.2, 0.25) is 0 Å². The molecule has 0 saturated carbocycles. The Hall–Kier alpha value is -2.14. The highest BCUT2D eigenvalue weighted by atomic mass is 16.5. The molecule has 106 valence electrons. The molecule has 1 aromatic heterocycles. The molecule has 0 saturated heterocycles. The summed E-state index contributed by atoms with van der Waals surface area (Å²) >= 11 is 0. The first-order valence-electron chi connectivity index (χ1n) is 6.42. The predicted octanol–water partition coefficient (Wildman–Crippen LogP) is 1.92. The summed E-state index contributed by atoms with van der Waals surface area (Å²) in [6.45, 7) is 2.48. The second-order valence-electron chi connectivity index (χ2n) is 4.61. The van der Waals surface area contributed by atoms with Crippen molar-refractivity contribution in [2.75, 3.05) is 19.1 Å². The summed E-state index contributed by atoms with van der Waals surface area (Å²) < 4.78 is 5.34. The van der Waals surface area contributed by atoms with Crippen molar-refractivity contribution in [3.63, 3.8) is 0 Å². The van der Waals surface area contributed by atoms with Crippen molar-refractivity contribution in [2.24, 2.45) is 0 Å². The number of para-hydroxylation sites is 1. The van der Waals surface area contributed by atoms with E-state index in [9.17, 15) is 0 Å². The average molecular weight is 273 g/mol. The third-order valence-electron chi connectivity index (χ3n) is 3.18. The number of hydrogen-bond acceptors (Lipinski definition) is 5. The van der Waals surface area contributed by atoms with E-state index < -0.39 is 0 Å². The van der Waals surface area contributed by atoms with E-state index in [1.807, 2.05) is 43.1 Å². The van der Waals surface area contributed by atoms with Gasteiger partial charge in [-0.1, -0.05) is 18.2 Å². The number of methoxy groups -OCH3 is 1. The zero-order valence-electron chi connectivity index (χ0n) is 12.0. The van der Waals surface area contributed by atoms with Crippen LogP contribution in [0.3, 0.4) is 0 Å². The molecule has 0 aliphatic carbocycles. The van der Waals surface area contributed by atoms with Gasteiger partial charge >= 0.3 is 0 Å². The first-order chi connectivity index (χ1) is 9.65. The molecule has 5 heteroatoms. The fraction of sp³-hybridized carbons (Fsp3) is 0.333. The largest absolute Gasteiger partial charge is 0.496 e. The van der Waals surface area contributed by atoms with Crippen molar-refractivity contribution >= 4 is 5.95 Å². The van der Waals surface area contributed by atoms with Gasteiger partial charge in [-0.3, -0.25) is 0 Å². The Bertz CT molecular complexity index is 587. The standard InChI is InChI=1S/C15H19N3O2/c1-11-13(10-19)8-16-15(17-11)18(2)9-12-6-4-5-7-14(12)20-3/h4-8,19H,9-10H2,1-3H3. The molecule has 0 spiro atoms. The van der Waals surface area contributed by atoms with Gasteiger partial charge in [-0.2, -0.15) is 0 Å². The van der Waals surface area contributed by atoms with Crippen molar-refractivity contribution in [3.05, 3.63) is 47.3 Å². The van der Waals surface area contributed by atoms with Gasteiger partial charge in [0.05, 0.1) is 13.7 Å². The van der Waals surface area contributed by atoms with E-state index >= 15 is 0 Å². The molecule has 0 fully saturated rings. The van der Waals surface area contributed by atoms with Gasteiger partial charge < -0.3 is 14.7 Å². The van der Waals surface area contributed by atoms with Gasteiger partial charge in [0.1, 0.15) is 5.75 Å². The minimum Gasteiger partial charge on any atom is -0.496 e. The molecule has 1 aromatic carbocycles. The minimum atomic E-state index is -0.0393. The van der Waals surface area contributed by atoms with Crippen LogP contribution in [0.1, 0.15) is 16.8 Å². The molecule has 0 aliphatic rings. The SMILES string of the molecule is COc1ccccc1CN(C)c1ncc(CO)c(C)n1. The topological polar surface area (TPSA) is 58.5 Å². The summed E-state index contributed by atoms with van der Waals surface area (Å²) in [5, 5.41) is 9.14. The van der Waals surface area contributed by atoms with E-state index in [1.165, 1.54) is 0 Å². The number of aliphatic hydroxyl groups is 1. The molecule has 0 unspecified atom stereocenters. The number of benzene rings is 1. The number of hydrogen-bond donors (Lipinski definition) is 1. The maximum atomic E-state index is 9.14. The lowest BCUT2D eigenvalue weighted by molar-refractivity contribution is 0.280. The molecular weight excluding hydrogens is 254 g/mol. The zero-order chi connectivity index (χ0) is 14.5. The van der Waals surface area contributed by atoms with Crippen LogP contribution in [-0.2, 0) is 13.2 Å². The Morgan fingerprint density at radius 1 is 1.25 bits per heavy atom. The molecule has 1 heterocycles. The van der Waals surface area contributed by atoms with E-state index in [0.717, 1.165) is 22.6 Å². The Morgan fingerprint density at radius 2 is 2.00 bits per heavy atom. The van der Waals surface area contributed by atoms with Crippen LogP contribution < -0.4 is 9.64 Å². The summed E-state index contributed by atoms with van der Waals surface area (Å²) in [4.78, 5) is 10.6. The molecule has 2 aromatic rings. The van der Waals surface area contributed by atoms with Crippen LogP contribution in [0.15, 0.2) is 30.5 Å². The molecule has 0 bridgehead atoms. The minimum absolute atomic E-state index is 0.0393. The van der Waals surface area contributed by atoms with Crippen molar-refractivity contribution in [3.8, 4) is 5.75 Å². The van der Waals surface area contributed by atoms with E-state index in [1.54, 1.807) is 13.3 Å². The highest BCUT2D eigenvalue weighted by Crippen LogP contribution is 2.20. The molecule has 0 amide bonds. The van der Waals surface area contributed by atoms with E-state index in [-0.39, 0.29) is 6.61 Å². The fourth-order valence-corrected chi connectivity index (χ4v) is 1.98. The van der Waals surface area contributed by atoms with Crippen molar-refractivity contribution in [1.82, 2.24) is 9.97 Å². The van der Waals surface area contributed by atoms with E-state index in [0.29, 0.717) is 12.5 Å². The maximum absolute atomic E-state index is 9.14. The number of anilines is 1.